The molecule has 7 heteroatoms. The van der Waals surface area contributed by atoms with Gasteiger partial charge < -0.3 is 14.7 Å². The van der Waals surface area contributed by atoms with Gasteiger partial charge in [-0.25, -0.2) is 0 Å². The molecule has 1 aromatic rings. The molecule has 0 aromatic carbocycles. The highest BCUT2D eigenvalue weighted by Crippen LogP contribution is 2.40. The minimum absolute atomic E-state index is 0.0748. The number of rotatable bonds is 6. The molecule has 2 atom stereocenters. The molecule has 2 rings (SSSR count). The van der Waals surface area contributed by atoms with Gasteiger partial charge in [-0.3, -0.25) is 10.1 Å². The fourth-order valence-electron chi connectivity index (χ4n) is 2.34. The Morgan fingerprint density at radius 1 is 1.70 bits per heavy atom. The van der Waals surface area contributed by atoms with E-state index in [9.17, 15) is 15.2 Å². The van der Waals surface area contributed by atoms with E-state index in [0.29, 0.717) is 23.0 Å². The van der Waals surface area contributed by atoms with Crippen LogP contribution in [0.3, 0.4) is 0 Å². The van der Waals surface area contributed by atoms with Crippen molar-refractivity contribution in [3.05, 3.63) is 21.1 Å². The lowest BCUT2D eigenvalue weighted by Crippen LogP contribution is -2.31. The molecule has 0 bridgehead atoms. The second kappa shape index (κ2) is 6.51. The van der Waals surface area contributed by atoms with Crippen molar-refractivity contribution in [3.8, 4) is 0 Å². The van der Waals surface area contributed by atoms with Gasteiger partial charge in [0.25, 0.3) is 0 Å². The fraction of sp³-hybridized carbons (Fsp3) is 0.692. The summed E-state index contributed by atoms with van der Waals surface area (Å²) in [5.41, 5.74) is 0.0748. The fourth-order valence-corrected chi connectivity index (χ4v) is 3.48. The second-order valence-corrected chi connectivity index (χ2v) is 6.01. The van der Waals surface area contributed by atoms with E-state index in [1.54, 1.807) is 6.92 Å². The number of aliphatic hydroxyl groups excluding tert-OH is 1. The molecular formula is C13H20N2O4S. The molecule has 0 spiro atoms. The van der Waals surface area contributed by atoms with Crippen molar-refractivity contribution in [2.45, 2.75) is 38.9 Å². The number of likely N-dealkylation sites (N-methyl/N-ethyl adjacent to an activating group) is 1. The molecule has 0 amide bonds. The minimum atomic E-state index is -0.686. The largest absolute Gasteiger partial charge is 0.388 e. The highest BCUT2D eigenvalue weighted by atomic mass is 32.1. The predicted molar refractivity (Wildman–Crippen MR) is 78.5 cm³/mol. The van der Waals surface area contributed by atoms with Crippen LogP contribution in [0, 0.1) is 10.1 Å². The predicted octanol–water partition coefficient (Wildman–Crippen LogP) is 2.71. The van der Waals surface area contributed by atoms with Crippen LogP contribution in [-0.2, 0) is 4.74 Å². The van der Waals surface area contributed by atoms with Gasteiger partial charge in [0.15, 0.2) is 5.00 Å². The Kier molecular flexibility index (Phi) is 4.95. The van der Waals surface area contributed by atoms with Crippen molar-refractivity contribution < 1.29 is 14.8 Å². The summed E-state index contributed by atoms with van der Waals surface area (Å²) in [6, 6.07) is 1.48. The molecule has 0 aliphatic carbocycles. The third-order valence-corrected chi connectivity index (χ3v) is 4.79. The number of anilines is 1. The standard InChI is InChI=1S/C13H20N2O4S/c1-3-14(8-10-5-4-6-19-10)13-11(15(17)18)7-12(20-13)9(2)16/h7,9-10,16H,3-6,8H2,1-2H3/t9-,10?/m0/s1. The van der Waals surface area contributed by atoms with Crippen LogP contribution in [0.25, 0.3) is 0 Å². The SMILES string of the molecule is CCN(CC1CCCO1)c1sc([C@H](C)O)cc1[N+](=O)[O-]. The van der Waals surface area contributed by atoms with Gasteiger partial charge >= 0.3 is 5.69 Å². The van der Waals surface area contributed by atoms with Crippen LogP contribution >= 0.6 is 11.3 Å². The third kappa shape index (κ3) is 3.28. The van der Waals surface area contributed by atoms with Crippen LogP contribution in [-0.4, -0.2) is 35.8 Å². The molecular weight excluding hydrogens is 280 g/mol. The molecule has 1 saturated heterocycles. The van der Waals surface area contributed by atoms with Gasteiger partial charge in [0.05, 0.1) is 17.1 Å². The van der Waals surface area contributed by atoms with Gasteiger partial charge in [0, 0.05) is 30.6 Å². The maximum Gasteiger partial charge on any atom is 0.304 e. The normalized spacial score (nSPS) is 20.1. The Labute approximate surface area is 122 Å². The van der Waals surface area contributed by atoms with Gasteiger partial charge in [-0.05, 0) is 26.7 Å². The van der Waals surface area contributed by atoms with Crippen molar-refractivity contribution >= 4 is 22.0 Å². The van der Waals surface area contributed by atoms with Crippen LogP contribution in [0.4, 0.5) is 10.7 Å². The van der Waals surface area contributed by atoms with E-state index in [4.69, 9.17) is 4.74 Å². The molecule has 1 N–H and O–H groups in total. The van der Waals surface area contributed by atoms with E-state index in [-0.39, 0.29) is 16.7 Å². The van der Waals surface area contributed by atoms with Gasteiger partial charge in [0.2, 0.25) is 0 Å². The van der Waals surface area contributed by atoms with E-state index in [1.165, 1.54) is 17.4 Å². The Morgan fingerprint density at radius 3 is 2.95 bits per heavy atom. The van der Waals surface area contributed by atoms with Crippen molar-refractivity contribution in [1.82, 2.24) is 0 Å². The summed E-state index contributed by atoms with van der Waals surface area (Å²) in [4.78, 5) is 13.4. The molecule has 20 heavy (non-hydrogen) atoms. The van der Waals surface area contributed by atoms with Crippen LogP contribution in [0.5, 0.6) is 0 Å². The lowest BCUT2D eigenvalue weighted by atomic mass is 10.2. The quantitative estimate of drug-likeness (QED) is 0.645. The van der Waals surface area contributed by atoms with E-state index in [1.807, 2.05) is 11.8 Å². The first-order valence-corrected chi connectivity index (χ1v) is 7.67. The van der Waals surface area contributed by atoms with Crippen molar-refractivity contribution in [3.63, 3.8) is 0 Å². The number of nitrogens with zero attached hydrogens (tertiary/aromatic N) is 2. The molecule has 0 saturated carbocycles. The Bertz CT molecular complexity index is 469. The number of hydrogen-bond acceptors (Lipinski definition) is 6. The van der Waals surface area contributed by atoms with Crippen molar-refractivity contribution in [2.75, 3.05) is 24.6 Å². The molecule has 1 aromatic heterocycles. The van der Waals surface area contributed by atoms with Gasteiger partial charge in [-0.15, -0.1) is 11.3 Å². The van der Waals surface area contributed by atoms with Crippen LogP contribution in [0.15, 0.2) is 6.07 Å². The molecule has 1 aliphatic rings. The number of nitro groups is 1. The molecule has 0 radical (unpaired) electrons. The number of thiophene rings is 1. The van der Waals surface area contributed by atoms with Gasteiger partial charge in [-0.2, -0.15) is 0 Å². The third-order valence-electron chi connectivity index (χ3n) is 3.44. The number of aliphatic hydroxyl groups is 1. The topological polar surface area (TPSA) is 75.8 Å². The first-order chi connectivity index (χ1) is 9.52. The second-order valence-electron chi connectivity index (χ2n) is 4.95. The van der Waals surface area contributed by atoms with Crippen molar-refractivity contribution in [2.24, 2.45) is 0 Å². The monoisotopic (exact) mass is 300 g/mol. The lowest BCUT2D eigenvalue weighted by molar-refractivity contribution is -0.383. The lowest BCUT2D eigenvalue weighted by Gasteiger charge is -2.23. The summed E-state index contributed by atoms with van der Waals surface area (Å²) < 4.78 is 5.61. The first-order valence-electron chi connectivity index (χ1n) is 6.85. The highest BCUT2D eigenvalue weighted by Gasteiger charge is 2.27. The van der Waals surface area contributed by atoms with E-state index in [2.05, 4.69) is 0 Å². The number of ether oxygens (including phenoxy) is 1. The van der Waals surface area contributed by atoms with E-state index >= 15 is 0 Å². The minimum Gasteiger partial charge on any atom is -0.388 e. The average Bonchev–Trinajstić information content (AvgIpc) is 3.04. The zero-order valence-corrected chi connectivity index (χ0v) is 12.6. The summed E-state index contributed by atoms with van der Waals surface area (Å²) in [6.07, 6.45) is 1.51. The number of hydrogen-bond donors (Lipinski definition) is 1. The molecule has 6 nitrogen and oxygen atoms in total. The zero-order chi connectivity index (χ0) is 14.7. The molecule has 2 heterocycles. The zero-order valence-electron chi connectivity index (χ0n) is 11.7. The van der Waals surface area contributed by atoms with Gasteiger partial charge in [-0.1, -0.05) is 0 Å². The van der Waals surface area contributed by atoms with Crippen LogP contribution in [0.1, 0.15) is 37.7 Å². The van der Waals surface area contributed by atoms with Crippen molar-refractivity contribution in [1.29, 1.82) is 0 Å². The van der Waals surface area contributed by atoms with E-state index in [0.717, 1.165) is 19.4 Å². The Hall–Kier alpha value is -1.18. The first kappa shape index (κ1) is 15.2. The summed E-state index contributed by atoms with van der Waals surface area (Å²) in [7, 11) is 0. The Balaban J connectivity index is 2.24. The molecule has 1 aliphatic heterocycles. The summed E-state index contributed by atoms with van der Waals surface area (Å²) in [6.45, 7) is 5.71. The molecule has 1 unspecified atom stereocenters. The van der Waals surface area contributed by atoms with Crippen LogP contribution in [0.2, 0.25) is 0 Å². The Morgan fingerprint density at radius 2 is 2.45 bits per heavy atom. The summed E-state index contributed by atoms with van der Waals surface area (Å²) in [5.74, 6) is 0. The smallest absolute Gasteiger partial charge is 0.304 e. The maximum atomic E-state index is 11.2. The van der Waals surface area contributed by atoms with Crippen LogP contribution < -0.4 is 4.90 Å². The summed E-state index contributed by atoms with van der Waals surface area (Å²) >= 11 is 1.29. The average molecular weight is 300 g/mol. The molecule has 112 valence electrons. The summed E-state index contributed by atoms with van der Waals surface area (Å²) in [5, 5.41) is 21.4. The van der Waals surface area contributed by atoms with Gasteiger partial charge in [0.1, 0.15) is 0 Å². The molecule has 1 fully saturated rings. The van der Waals surface area contributed by atoms with E-state index < -0.39 is 6.10 Å². The maximum absolute atomic E-state index is 11.2. The highest BCUT2D eigenvalue weighted by molar-refractivity contribution is 7.16.